The summed E-state index contributed by atoms with van der Waals surface area (Å²) in [5, 5.41) is 9.88. The van der Waals surface area contributed by atoms with Gasteiger partial charge in [-0.25, -0.2) is 9.78 Å². The molecule has 1 unspecified atom stereocenters. The highest BCUT2D eigenvalue weighted by molar-refractivity contribution is 6.33. The fourth-order valence-electron chi connectivity index (χ4n) is 2.68. The molecule has 0 spiro atoms. The van der Waals surface area contributed by atoms with E-state index in [9.17, 15) is 9.90 Å². The average molecular weight is 292 g/mol. The van der Waals surface area contributed by atoms with E-state index in [1.54, 1.807) is 6.07 Å². The largest absolute Gasteiger partial charge is 0.476 e. The van der Waals surface area contributed by atoms with E-state index in [0.717, 1.165) is 18.4 Å². The monoisotopic (exact) mass is 291 g/mol. The molecular weight excluding hydrogens is 278 g/mol. The maximum atomic E-state index is 11.4. The Balaban J connectivity index is 2.25. The number of hydrogen-bond donors (Lipinski definition) is 2. The van der Waals surface area contributed by atoms with Crippen LogP contribution >= 0.6 is 11.6 Å². The molecule has 1 aromatic heterocycles. The molecule has 6 heteroatoms. The van der Waals surface area contributed by atoms with Crippen LogP contribution in [0.3, 0.4) is 0 Å². The lowest BCUT2D eigenvalue weighted by Gasteiger charge is -2.22. The van der Waals surface area contributed by atoms with Crippen molar-refractivity contribution < 1.29 is 9.90 Å². The number of aromatic carboxylic acids is 1. The minimum atomic E-state index is -1.05. The van der Waals surface area contributed by atoms with Crippen molar-refractivity contribution in [3.63, 3.8) is 0 Å². The highest BCUT2D eigenvalue weighted by atomic mass is 35.5. The summed E-state index contributed by atoms with van der Waals surface area (Å²) in [5.74, 6) is -0.470. The molecule has 20 heavy (non-hydrogen) atoms. The Morgan fingerprint density at radius 1 is 1.45 bits per heavy atom. The zero-order valence-electron chi connectivity index (χ0n) is 10.7. The molecule has 104 valence electrons. The highest BCUT2D eigenvalue weighted by Crippen LogP contribution is 2.34. The number of nitrogens with zero attached hydrogens (tertiary/aromatic N) is 2. The summed E-state index contributed by atoms with van der Waals surface area (Å²) in [5.41, 5.74) is 7.42. The van der Waals surface area contributed by atoms with Crippen LogP contribution in [-0.2, 0) is 6.54 Å². The van der Waals surface area contributed by atoms with Gasteiger partial charge >= 0.3 is 5.97 Å². The molecule has 2 aromatic rings. The number of carboxylic acid groups (broad SMARTS) is 1. The summed E-state index contributed by atoms with van der Waals surface area (Å²) in [7, 11) is 0. The second kappa shape index (κ2) is 4.92. The molecule has 0 amide bonds. The van der Waals surface area contributed by atoms with Gasteiger partial charge in [-0.2, -0.15) is 0 Å². The third-order valence-corrected chi connectivity index (χ3v) is 3.90. The number of imidazole rings is 1. The molecule has 0 saturated carbocycles. The molecule has 3 rings (SSSR count). The Kier molecular flexibility index (Phi) is 3.23. The van der Waals surface area contributed by atoms with Gasteiger partial charge in [-0.15, -0.1) is 0 Å². The average Bonchev–Trinajstić information content (AvgIpc) is 2.80. The van der Waals surface area contributed by atoms with Gasteiger partial charge in [0, 0.05) is 18.2 Å². The smallest absolute Gasteiger partial charge is 0.356 e. The van der Waals surface area contributed by atoms with Crippen LogP contribution in [0.1, 0.15) is 35.1 Å². The van der Waals surface area contributed by atoms with Crippen molar-refractivity contribution in [2.24, 2.45) is 5.73 Å². The minimum Gasteiger partial charge on any atom is -0.476 e. The molecule has 5 nitrogen and oxygen atoms in total. The molecule has 1 aromatic carbocycles. The van der Waals surface area contributed by atoms with E-state index >= 15 is 0 Å². The van der Waals surface area contributed by atoms with Crippen molar-refractivity contribution >= 4 is 17.6 Å². The van der Waals surface area contributed by atoms with Gasteiger partial charge in [0.1, 0.15) is 5.82 Å². The van der Waals surface area contributed by atoms with E-state index < -0.39 is 5.97 Å². The molecule has 0 fully saturated rings. The van der Waals surface area contributed by atoms with E-state index in [1.807, 2.05) is 22.8 Å². The van der Waals surface area contributed by atoms with Crippen LogP contribution in [0.25, 0.3) is 11.4 Å². The second-order valence-electron chi connectivity index (χ2n) is 4.85. The quantitative estimate of drug-likeness (QED) is 0.891. The van der Waals surface area contributed by atoms with Crippen LogP contribution in [0.5, 0.6) is 0 Å². The molecule has 0 bridgehead atoms. The first-order chi connectivity index (χ1) is 9.59. The number of nitrogens with two attached hydrogens (primary N) is 1. The molecule has 3 N–H and O–H groups in total. The molecule has 1 atom stereocenters. The lowest BCUT2D eigenvalue weighted by atomic mass is 10.0. The van der Waals surface area contributed by atoms with Gasteiger partial charge < -0.3 is 15.4 Å². The van der Waals surface area contributed by atoms with Gasteiger partial charge in [-0.1, -0.05) is 23.7 Å². The van der Waals surface area contributed by atoms with Gasteiger partial charge in [0.15, 0.2) is 5.69 Å². The third-order valence-electron chi connectivity index (χ3n) is 3.57. The Bertz CT molecular complexity index is 681. The summed E-state index contributed by atoms with van der Waals surface area (Å²) >= 11 is 6.19. The van der Waals surface area contributed by atoms with Crippen molar-refractivity contribution in [3.8, 4) is 11.4 Å². The van der Waals surface area contributed by atoms with Crippen molar-refractivity contribution in [2.45, 2.75) is 25.4 Å². The highest BCUT2D eigenvalue weighted by Gasteiger charge is 2.29. The van der Waals surface area contributed by atoms with Crippen molar-refractivity contribution in [3.05, 3.63) is 40.7 Å². The molecule has 1 aliphatic heterocycles. The third kappa shape index (κ3) is 1.99. The summed E-state index contributed by atoms with van der Waals surface area (Å²) in [6.45, 7) is 0.712. The number of aromatic nitrogens is 2. The van der Waals surface area contributed by atoms with E-state index in [0.29, 0.717) is 23.1 Å². The van der Waals surface area contributed by atoms with Crippen LogP contribution in [0.15, 0.2) is 24.3 Å². The van der Waals surface area contributed by atoms with Crippen molar-refractivity contribution in [2.75, 3.05) is 0 Å². The summed E-state index contributed by atoms with van der Waals surface area (Å²) in [6, 6.07) is 6.99. The fourth-order valence-corrected chi connectivity index (χ4v) is 2.90. The Labute approximate surface area is 121 Å². The SMILES string of the molecule is NC1CCCn2c(-c3ccccc3Cl)nc(C(=O)O)c21. The number of rotatable bonds is 2. The predicted octanol–water partition coefficient (Wildman–Crippen LogP) is 2.70. The van der Waals surface area contributed by atoms with Crippen LogP contribution in [0.4, 0.5) is 0 Å². The predicted molar refractivity (Wildman–Crippen MR) is 75.8 cm³/mol. The first-order valence-corrected chi connectivity index (χ1v) is 6.81. The number of carboxylic acids is 1. The molecular formula is C14H14ClN3O2. The van der Waals surface area contributed by atoms with Crippen molar-refractivity contribution in [1.82, 2.24) is 9.55 Å². The zero-order chi connectivity index (χ0) is 14.3. The van der Waals surface area contributed by atoms with E-state index in [1.165, 1.54) is 0 Å². The summed E-state index contributed by atoms with van der Waals surface area (Å²) in [6.07, 6.45) is 1.68. The number of carbonyl (C=O) groups is 1. The lowest BCUT2D eigenvalue weighted by molar-refractivity contribution is 0.0688. The van der Waals surface area contributed by atoms with Crippen LogP contribution < -0.4 is 5.73 Å². The molecule has 2 heterocycles. The van der Waals surface area contributed by atoms with Gasteiger partial charge in [0.05, 0.1) is 10.7 Å². The zero-order valence-corrected chi connectivity index (χ0v) is 11.5. The number of fused-ring (bicyclic) bond motifs is 1. The molecule has 1 aliphatic rings. The number of halogens is 1. The van der Waals surface area contributed by atoms with Crippen LogP contribution in [0.2, 0.25) is 5.02 Å². The topological polar surface area (TPSA) is 81.1 Å². The van der Waals surface area contributed by atoms with Crippen LogP contribution in [-0.4, -0.2) is 20.6 Å². The Morgan fingerprint density at radius 2 is 2.20 bits per heavy atom. The number of benzene rings is 1. The van der Waals surface area contributed by atoms with E-state index in [2.05, 4.69) is 4.98 Å². The van der Waals surface area contributed by atoms with E-state index in [4.69, 9.17) is 17.3 Å². The van der Waals surface area contributed by atoms with Gasteiger partial charge in [0.2, 0.25) is 0 Å². The van der Waals surface area contributed by atoms with Crippen LogP contribution in [0, 0.1) is 0 Å². The standard InChI is InChI=1S/C14H14ClN3O2/c15-9-5-2-1-4-8(9)13-17-11(14(19)20)12-10(16)6-3-7-18(12)13/h1-2,4-5,10H,3,6-7,16H2,(H,19,20). The van der Waals surface area contributed by atoms with Crippen molar-refractivity contribution in [1.29, 1.82) is 0 Å². The molecule has 0 aliphatic carbocycles. The molecule has 0 radical (unpaired) electrons. The lowest BCUT2D eigenvalue weighted by Crippen LogP contribution is -2.23. The summed E-state index contributed by atoms with van der Waals surface area (Å²) < 4.78 is 1.89. The summed E-state index contributed by atoms with van der Waals surface area (Å²) in [4.78, 5) is 15.7. The maximum Gasteiger partial charge on any atom is 0.356 e. The normalized spacial score (nSPS) is 17.8. The maximum absolute atomic E-state index is 11.4. The first kappa shape index (κ1) is 13.1. The Hall–Kier alpha value is -1.85. The Morgan fingerprint density at radius 3 is 2.90 bits per heavy atom. The van der Waals surface area contributed by atoms with E-state index in [-0.39, 0.29) is 11.7 Å². The second-order valence-corrected chi connectivity index (χ2v) is 5.26. The molecule has 0 saturated heterocycles. The number of hydrogen-bond acceptors (Lipinski definition) is 3. The minimum absolute atomic E-state index is 0.0344. The van der Waals surface area contributed by atoms with Gasteiger partial charge in [-0.05, 0) is 25.0 Å². The first-order valence-electron chi connectivity index (χ1n) is 6.43. The fraction of sp³-hybridized carbons (Fsp3) is 0.286. The van der Waals surface area contributed by atoms with Gasteiger partial charge in [0.25, 0.3) is 0 Å². The van der Waals surface area contributed by atoms with Gasteiger partial charge in [-0.3, -0.25) is 0 Å².